The molecule has 1 atom stereocenters. The molecule has 0 bridgehead atoms. The van der Waals surface area contributed by atoms with E-state index in [1.807, 2.05) is 5.32 Å². The van der Waals surface area contributed by atoms with Crippen LogP contribution in [0, 0.1) is 6.92 Å². The number of benzene rings is 1. The maximum absolute atomic E-state index is 13.9. The highest BCUT2D eigenvalue weighted by molar-refractivity contribution is 6.33. The van der Waals surface area contributed by atoms with Crippen molar-refractivity contribution < 1.29 is 32.0 Å². The molecular weight excluding hydrogens is 391 g/mol. The Balaban J connectivity index is 2.50. The molecule has 2 N–H and O–H groups in total. The summed E-state index contributed by atoms with van der Waals surface area (Å²) in [7, 11) is 0. The fourth-order valence-corrected chi connectivity index (χ4v) is 2.35. The lowest BCUT2D eigenvalue weighted by atomic mass is 10.1. The van der Waals surface area contributed by atoms with Crippen LogP contribution in [0.4, 0.5) is 19.0 Å². The lowest BCUT2D eigenvalue weighted by molar-refractivity contribution is -0.204. The van der Waals surface area contributed by atoms with Crippen LogP contribution in [0.1, 0.15) is 23.0 Å². The Bertz CT molecular complexity index is 840. The summed E-state index contributed by atoms with van der Waals surface area (Å²) in [5, 5.41) is 6.83. The van der Waals surface area contributed by atoms with Crippen molar-refractivity contribution in [2.24, 2.45) is 0 Å². The van der Waals surface area contributed by atoms with Gasteiger partial charge >= 0.3 is 17.8 Å². The fourth-order valence-electron chi connectivity index (χ4n) is 2.13. The van der Waals surface area contributed by atoms with Crippen molar-refractivity contribution in [2.75, 3.05) is 11.9 Å². The van der Waals surface area contributed by atoms with Crippen LogP contribution in [-0.4, -0.2) is 35.5 Å². The summed E-state index contributed by atoms with van der Waals surface area (Å²) in [6, 6.07) is 6.57. The molecule has 0 spiro atoms. The molecule has 2 aromatic rings. The summed E-state index contributed by atoms with van der Waals surface area (Å²) < 4.78 is 51.1. The van der Waals surface area contributed by atoms with Gasteiger partial charge in [-0.25, -0.2) is 4.79 Å². The normalized spacial score (nSPS) is 13.6. The van der Waals surface area contributed by atoms with E-state index in [0.29, 0.717) is 0 Å². The summed E-state index contributed by atoms with van der Waals surface area (Å²) in [6.07, 6.45) is -5.29. The van der Waals surface area contributed by atoms with Crippen LogP contribution in [0.25, 0.3) is 0 Å². The van der Waals surface area contributed by atoms with Gasteiger partial charge in [-0.3, -0.25) is 4.79 Å². The maximum Gasteiger partial charge on any atom is 0.441 e. The second kappa shape index (κ2) is 7.87. The quantitative estimate of drug-likeness (QED) is 0.566. The number of amides is 1. The Labute approximate surface area is 156 Å². The molecule has 1 unspecified atom stereocenters. The first-order chi connectivity index (χ1) is 12.6. The summed E-state index contributed by atoms with van der Waals surface area (Å²) in [6.45, 7) is 2.42. The standard InChI is InChI=1S/C16H15ClF3N3O4/c1-3-26-14(25)15(16(18,19)20,21-12-8-9(2)27-23-12)22-13(24)10-6-4-5-7-11(10)17/h4-8H,3H2,1-2H3,(H,21,23)(H,22,24). The molecule has 27 heavy (non-hydrogen) atoms. The third-order valence-electron chi connectivity index (χ3n) is 3.37. The molecule has 1 amide bonds. The minimum atomic E-state index is -5.29. The molecule has 1 aromatic heterocycles. The molecule has 2 rings (SSSR count). The number of anilines is 1. The van der Waals surface area contributed by atoms with E-state index in [9.17, 15) is 22.8 Å². The number of rotatable bonds is 6. The van der Waals surface area contributed by atoms with Gasteiger partial charge in [0, 0.05) is 6.07 Å². The zero-order chi connectivity index (χ0) is 20.2. The van der Waals surface area contributed by atoms with Gasteiger partial charge in [-0.2, -0.15) is 13.2 Å². The Morgan fingerprint density at radius 2 is 1.96 bits per heavy atom. The van der Waals surface area contributed by atoms with Crippen LogP contribution in [0.2, 0.25) is 5.02 Å². The number of esters is 1. The van der Waals surface area contributed by atoms with E-state index in [-0.39, 0.29) is 23.0 Å². The molecule has 11 heteroatoms. The zero-order valence-electron chi connectivity index (χ0n) is 14.2. The van der Waals surface area contributed by atoms with Crippen molar-refractivity contribution >= 4 is 29.3 Å². The number of hydrogen-bond donors (Lipinski definition) is 2. The Morgan fingerprint density at radius 3 is 2.48 bits per heavy atom. The second-order valence-corrected chi connectivity index (χ2v) is 5.76. The molecule has 0 saturated heterocycles. The van der Waals surface area contributed by atoms with Crippen LogP contribution in [0.15, 0.2) is 34.9 Å². The molecule has 1 heterocycles. The topological polar surface area (TPSA) is 93.5 Å². The number of nitrogens with one attached hydrogen (secondary N) is 2. The first kappa shape index (κ1) is 20.6. The van der Waals surface area contributed by atoms with Crippen molar-refractivity contribution in [3.8, 4) is 0 Å². The van der Waals surface area contributed by atoms with Crippen molar-refractivity contribution in [3.63, 3.8) is 0 Å². The van der Waals surface area contributed by atoms with Gasteiger partial charge in [0.2, 0.25) is 0 Å². The number of aromatic nitrogens is 1. The van der Waals surface area contributed by atoms with Crippen molar-refractivity contribution in [1.29, 1.82) is 0 Å². The second-order valence-electron chi connectivity index (χ2n) is 5.35. The van der Waals surface area contributed by atoms with E-state index in [1.165, 1.54) is 38.1 Å². The smallest absolute Gasteiger partial charge is 0.441 e. The molecule has 0 aliphatic heterocycles. The molecule has 1 aromatic carbocycles. The SMILES string of the molecule is CCOC(=O)C(NC(=O)c1ccccc1Cl)(Nc1cc(C)on1)C(F)(F)F. The third-order valence-corrected chi connectivity index (χ3v) is 3.70. The average Bonchev–Trinajstić information content (AvgIpc) is 2.98. The Kier molecular flexibility index (Phi) is 5.99. The first-order valence-corrected chi connectivity index (χ1v) is 8.01. The molecule has 0 fully saturated rings. The Morgan fingerprint density at radius 1 is 1.30 bits per heavy atom. The van der Waals surface area contributed by atoms with Gasteiger partial charge in [-0.15, -0.1) is 0 Å². The van der Waals surface area contributed by atoms with E-state index in [0.717, 1.165) is 6.07 Å². The van der Waals surface area contributed by atoms with Crippen LogP contribution in [0.5, 0.6) is 0 Å². The van der Waals surface area contributed by atoms with Gasteiger partial charge in [0.25, 0.3) is 5.91 Å². The van der Waals surface area contributed by atoms with Gasteiger partial charge in [0.05, 0.1) is 17.2 Å². The minimum absolute atomic E-state index is 0.0905. The van der Waals surface area contributed by atoms with Gasteiger partial charge in [-0.05, 0) is 26.0 Å². The highest BCUT2D eigenvalue weighted by Crippen LogP contribution is 2.33. The summed E-state index contributed by atoms with van der Waals surface area (Å²) in [5.41, 5.74) is -3.86. The highest BCUT2D eigenvalue weighted by atomic mass is 35.5. The number of ether oxygens (including phenoxy) is 1. The number of carbonyl (C=O) groups excluding carboxylic acids is 2. The zero-order valence-corrected chi connectivity index (χ0v) is 14.9. The predicted molar refractivity (Wildman–Crippen MR) is 89.2 cm³/mol. The van der Waals surface area contributed by atoms with Crippen LogP contribution in [0.3, 0.4) is 0 Å². The van der Waals surface area contributed by atoms with Crippen LogP contribution in [-0.2, 0) is 9.53 Å². The summed E-state index contributed by atoms with van der Waals surface area (Å²) >= 11 is 5.86. The number of aryl methyl sites for hydroxylation is 1. The van der Waals surface area contributed by atoms with E-state index in [4.69, 9.17) is 16.1 Å². The van der Waals surface area contributed by atoms with Crippen molar-refractivity contribution in [2.45, 2.75) is 25.7 Å². The van der Waals surface area contributed by atoms with Crippen molar-refractivity contribution in [3.05, 3.63) is 46.7 Å². The number of alkyl halides is 3. The molecule has 0 saturated carbocycles. The molecule has 0 radical (unpaired) electrons. The van der Waals surface area contributed by atoms with E-state index >= 15 is 0 Å². The molecule has 0 aliphatic carbocycles. The number of hydrogen-bond acceptors (Lipinski definition) is 6. The van der Waals surface area contributed by atoms with Crippen LogP contribution >= 0.6 is 11.6 Å². The van der Waals surface area contributed by atoms with Gasteiger partial charge < -0.3 is 19.9 Å². The molecule has 146 valence electrons. The summed E-state index contributed by atoms with van der Waals surface area (Å²) in [4.78, 5) is 24.7. The average molecular weight is 406 g/mol. The lowest BCUT2D eigenvalue weighted by Crippen LogP contribution is -2.69. The Hall–Kier alpha value is -2.75. The highest BCUT2D eigenvalue weighted by Gasteiger charge is 2.64. The number of nitrogens with zero attached hydrogens (tertiary/aromatic N) is 1. The largest absolute Gasteiger partial charge is 0.463 e. The maximum atomic E-state index is 13.9. The van der Waals surface area contributed by atoms with Crippen molar-refractivity contribution in [1.82, 2.24) is 10.5 Å². The van der Waals surface area contributed by atoms with E-state index < -0.39 is 29.5 Å². The number of halogens is 4. The number of carbonyl (C=O) groups is 2. The minimum Gasteiger partial charge on any atom is -0.463 e. The lowest BCUT2D eigenvalue weighted by Gasteiger charge is -2.34. The van der Waals surface area contributed by atoms with E-state index in [1.54, 1.807) is 5.32 Å². The van der Waals surface area contributed by atoms with E-state index in [2.05, 4.69) is 9.89 Å². The summed E-state index contributed by atoms with van der Waals surface area (Å²) in [5.74, 6) is -3.23. The predicted octanol–water partition coefficient (Wildman–Crippen LogP) is 3.30. The first-order valence-electron chi connectivity index (χ1n) is 7.63. The van der Waals surface area contributed by atoms with Gasteiger partial charge in [0.15, 0.2) is 5.82 Å². The van der Waals surface area contributed by atoms with Gasteiger partial charge in [0.1, 0.15) is 5.76 Å². The molecule has 0 aliphatic rings. The molecule has 7 nitrogen and oxygen atoms in total. The third kappa shape index (κ3) is 4.33. The van der Waals surface area contributed by atoms with Crippen LogP contribution < -0.4 is 10.6 Å². The fraction of sp³-hybridized carbons (Fsp3) is 0.312. The van der Waals surface area contributed by atoms with Gasteiger partial charge in [-0.1, -0.05) is 28.9 Å². The monoisotopic (exact) mass is 405 g/mol. The molecular formula is C16H15ClF3N3O4.